The van der Waals surface area contributed by atoms with E-state index in [0.717, 1.165) is 32.1 Å². The van der Waals surface area contributed by atoms with E-state index in [0.29, 0.717) is 5.78 Å². The monoisotopic (exact) mass is 390 g/mol. The van der Waals surface area contributed by atoms with Crippen LogP contribution in [-0.4, -0.2) is 5.78 Å². The van der Waals surface area contributed by atoms with Crippen LogP contribution in [0.15, 0.2) is 73.3 Å². The van der Waals surface area contributed by atoms with Crippen molar-refractivity contribution >= 4 is 5.78 Å². The van der Waals surface area contributed by atoms with E-state index in [-0.39, 0.29) is 5.41 Å². The standard InChI is InChI=1S/C18H26O.C10H12/c1-18(14-8-6-12-17(19)15-18)13-7-5-11-16-9-3-2-4-10-16;1-2-3-7-10-8-5-4-6-9-10/h2-4,9-10H,5-8,11-15H2,1H3;2,4-6,8-9H,1,3,7H2/t18-;/m1./s1. The average Bonchev–Trinajstić information content (AvgIpc) is 2.92. The average molecular weight is 391 g/mol. The van der Waals surface area contributed by atoms with E-state index in [1.54, 1.807) is 0 Å². The van der Waals surface area contributed by atoms with Crippen LogP contribution in [0.5, 0.6) is 0 Å². The van der Waals surface area contributed by atoms with E-state index in [1.807, 2.05) is 12.1 Å². The lowest BCUT2D eigenvalue weighted by Gasteiger charge is -2.27. The van der Waals surface area contributed by atoms with Crippen molar-refractivity contribution in [2.75, 3.05) is 0 Å². The Morgan fingerprint density at radius 1 is 0.897 bits per heavy atom. The van der Waals surface area contributed by atoms with Gasteiger partial charge in [0.05, 0.1) is 0 Å². The van der Waals surface area contributed by atoms with Crippen LogP contribution in [0.3, 0.4) is 0 Å². The molecule has 0 unspecified atom stereocenters. The molecular formula is C28H38O. The molecule has 3 rings (SSSR count). The molecule has 1 heteroatoms. The summed E-state index contributed by atoms with van der Waals surface area (Å²) in [4.78, 5) is 11.8. The predicted molar refractivity (Wildman–Crippen MR) is 125 cm³/mol. The zero-order valence-electron chi connectivity index (χ0n) is 18.2. The second-order valence-electron chi connectivity index (χ2n) is 8.74. The maximum absolute atomic E-state index is 11.8. The summed E-state index contributed by atoms with van der Waals surface area (Å²) < 4.78 is 0. The fraction of sp³-hybridized carbons (Fsp3) is 0.464. The van der Waals surface area contributed by atoms with Crippen molar-refractivity contribution in [3.63, 3.8) is 0 Å². The predicted octanol–water partition coefficient (Wildman–Crippen LogP) is 7.74. The van der Waals surface area contributed by atoms with E-state index < -0.39 is 0 Å². The number of hydrogen-bond acceptors (Lipinski definition) is 1. The highest BCUT2D eigenvalue weighted by molar-refractivity contribution is 5.79. The Labute approximate surface area is 178 Å². The first-order valence-corrected chi connectivity index (χ1v) is 11.3. The summed E-state index contributed by atoms with van der Waals surface area (Å²) in [5.41, 5.74) is 3.11. The van der Waals surface area contributed by atoms with Gasteiger partial charge in [-0.15, -0.1) is 6.58 Å². The molecule has 0 saturated heterocycles. The highest BCUT2D eigenvalue weighted by Crippen LogP contribution is 2.37. The number of aryl methyl sites for hydroxylation is 2. The summed E-state index contributed by atoms with van der Waals surface area (Å²) in [6, 6.07) is 21.2. The van der Waals surface area contributed by atoms with Crippen LogP contribution >= 0.6 is 0 Å². The number of rotatable bonds is 8. The number of carbonyl (C=O) groups is 1. The van der Waals surface area contributed by atoms with Crippen molar-refractivity contribution < 1.29 is 4.79 Å². The third kappa shape index (κ3) is 9.74. The Morgan fingerprint density at radius 3 is 2.14 bits per heavy atom. The van der Waals surface area contributed by atoms with Crippen LogP contribution in [0.25, 0.3) is 0 Å². The minimum Gasteiger partial charge on any atom is -0.300 e. The van der Waals surface area contributed by atoms with Crippen LogP contribution in [-0.2, 0) is 17.6 Å². The highest BCUT2D eigenvalue weighted by Gasteiger charge is 2.28. The normalized spacial score (nSPS) is 19.0. The molecule has 0 aromatic heterocycles. The molecule has 0 spiro atoms. The lowest BCUT2D eigenvalue weighted by Crippen LogP contribution is -2.18. The minimum atomic E-state index is 0.282. The molecule has 1 aliphatic rings. The molecule has 0 heterocycles. The third-order valence-electron chi connectivity index (χ3n) is 5.93. The lowest BCUT2D eigenvalue weighted by atomic mass is 9.78. The maximum Gasteiger partial charge on any atom is 0.133 e. The topological polar surface area (TPSA) is 17.1 Å². The summed E-state index contributed by atoms with van der Waals surface area (Å²) in [5, 5.41) is 0. The molecule has 156 valence electrons. The molecule has 1 saturated carbocycles. The molecule has 0 amide bonds. The van der Waals surface area contributed by atoms with Gasteiger partial charge in [0.15, 0.2) is 0 Å². The van der Waals surface area contributed by atoms with Gasteiger partial charge in [0.2, 0.25) is 0 Å². The molecule has 1 nitrogen and oxygen atoms in total. The maximum atomic E-state index is 11.8. The summed E-state index contributed by atoms with van der Waals surface area (Å²) in [6.07, 6.45) is 14.2. The zero-order valence-corrected chi connectivity index (χ0v) is 18.2. The van der Waals surface area contributed by atoms with Crippen LogP contribution < -0.4 is 0 Å². The van der Waals surface area contributed by atoms with Gasteiger partial charge in [-0.2, -0.15) is 0 Å². The zero-order chi connectivity index (χ0) is 20.8. The Kier molecular flexibility index (Phi) is 10.5. The fourth-order valence-corrected chi connectivity index (χ4v) is 4.18. The summed E-state index contributed by atoms with van der Waals surface area (Å²) >= 11 is 0. The molecule has 1 fully saturated rings. The molecule has 29 heavy (non-hydrogen) atoms. The molecule has 2 aromatic rings. The second kappa shape index (κ2) is 13.1. The van der Waals surface area contributed by atoms with Gasteiger partial charge in [0, 0.05) is 12.8 Å². The smallest absolute Gasteiger partial charge is 0.133 e. The number of ketones is 1. The molecule has 0 N–H and O–H groups in total. The summed E-state index contributed by atoms with van der Waals surface area (Å²) in [5.74, 6) is 0.489. The number of hydrogen-bond donors (Lipinski definition) is 0. The Morgan fingerprint density at radius 2 is 1.52 bits per heavy atom. The van der Waals surface area contributed by atoms with E-state index in [1.165, 1.54) is 49.7 Å². The van der Waals surface area contributed by atoms with Crippen molar-refractivity contribution in [2.45, 2.75) is 77.6 Å². The number of allylic oxidation sites excluding steroid dienone is 1. The van der Waals surface area contributed by atoms with Crippen LogP contribution in [0.4, 0.5) is 0 Å². The van der Waals surface area contributed by atoms with E-state index >= 15 is 0 Å². The van der Waals surface area contributed by atoms with Gasteiger partial charge >= 0.3 is 0 Å². The first-order chi connectivity index (χ1) is 14.1. The van der Waals surface area contributed by atoms with Crippen molar-refractivity contribution in [2.24, 2.45) is 5.41 Å². The quantitative estimate of drug-likeness (QED) is 0.256. The third-order valence-corrected chi connectivity index (χ3v) is 5.93. The molecular weight excluding hydrogens is 352 g/mol. The number of unbranched alkanes of at least 4 members (excludes halogenated alkanes) is 1. The van der Waals surface area contributed by atoms with Gasteiger partial charge in [-0.25, -0.2) is 0 Å². The fourth-order valence-electron chi connectivity index (χ4n) is 4.18. The van der Waals surface area contributed by atoms with E-state index in [2.05, 4.69) is 68.1 Å². The minimum absolute atomic E-state index is 0.282. The van der Waals surface area contributed by atoms with Crippen molar-refractivity contribution in [1.82, 2.24) is 0 Å². The first kappa shape index (κ1) is 23.1. The van der Waals surface area contributed by atoms with Crippen LogP contribution in [0.1, 0.15) is 75.8 Å². The van der Waals surface area contributed by atoms with E-state index in [4.69, 9.17) is 0 Å². The van der Waals surface area contributed by atoms with Gasteiger partial charge in [0.25, 0.3) is 0 Å². The molecule has 0 bridgehead atoms. The SMILES string of the molecule is C=CCCc1ccccc1.C[C@@]1(CCCCc2ccccc2)CCCCC(=O)C1. The second-order valence-corrected chi connectivity index (χ2v) is 8.74. The van der Waals surface area contributed by atoms with Gasteiger partial charge in [-0.1, -0.05) is 86.5 Å². The molecule has 0 radical (unpaired) electrons. The number of carbonyl (C=O) groups excluding carboxylic acids is 1. The van der Waals surface area contributed by atoms with Gasteiger partial charge in [-0.05, 0) is 61.5 Å². The molecule has 2 aromatic carbocycles. The van der Waals surface area contributed by atoms with Crippen molar-refractivity contribution in [3.05, 3.63) is 84.4 Å². The van der Waals surface area contributed by atoms with E-state index in [9.17, 15) is 4.79 Å². The largest absolute Gasteiger partial charge is 0.300 e. The number of benzene rings is 2. The van der Waals surface area contributed by atoms with Crippen molar-refractivity contribution in [1.29, 1.82) is 0 Å². The summed E-state index contributed by atoms with van der Waals surface area (Å²) in [7, 11) is 0. The lowest BCUT2D eigenvalue weighted by molar-refractivity contribution is -0.120. The van der Waals surface area contributed by atoms with Gasteiger partial charge in [-0.3, -0.25) is 4.79 Å². The van der Waals surface area contributed by atoms with Crippen LogP contribution in [0.2, 0.25) is 0 Å². The van der Waals surface area contributed by atoms with Gasteiger partial charge in [0.1, 0.15) is 5.78 Å². The Balaban J connectivity index is 0.000000253. The summed E-state index contributed by atoms with van der Waals surface area (Å²) in [6.45, 7) is 5.99. The first-order valence-electron chi connectivity index (χ1n) is 11.3. The van der Waals surface area contributed by atoms with Crippen molar-refractivity contribution in [3.8, 4) is 0 Å². The Hall–Kier alpha value is -2.15. The van der Waals surface area contributed by atoms with Crippen LogP contribution in [0, 0.1) is 5.41 Å². The van der Waals surface area contributed by atoms with Gasteiger partial charge < -0.3 is 0 Å². The number of Topliss-reactive ketones (excluding diaryl/α,β-unsaturated/α-hetero) is 1. The molecule has 1 aliphatic carbocycles. The molecule has 1 atom stereocenters. The Bertz CT molecular complexity index is 704. The molecule has 0 aliphatic heterocycles. The highest BCUT2D eigenvalue weighted by atomic mass is 16.1.